The van der Waals surface area contributed by atoms with Crippen LogP contribution in [0.15, 0.2) is 24.8 Å². The molecule has 0 spiro atoms. The molecular formula is C18H26N6O. The predicted octanol–water partition coefficient (Wildman–Crippen LogP) is 2.08. The molecule has 7 heteroatoms. The minimum atomic E-state index is 0.0633. The number of carbonyl (C=O) groups excluding carboxylic acids is 1. The van der Waals surface area contributed by atoms with Crippen LogP contribution >= 0.6 is 0 Å². The molecule has 2 aromatic heterocycles. The van der Waals surface area contributed by atoms with Crippen LogP contribution in [0, 0.1) is 0 Å². The summed E-state index contributed by atoms with van der Waals surface area (Å²) in [4.78, 5) is 18.9. The summed E-state index contributed by atoms with van der Waals surface area (Å²) in [7, 11) is 1.95. The maximum Gasteiger partial charge on any atom is 0.317 e. The minimum absolute atomic E-state index is 0.0633. The molecule has 1 saturated heterocycles. The Morgan fingerprint density at radius 3 is 2.88 bits per heavy atom. The average Bonchev–Trinajstić information content (AvgIpc) is 3.29. The molecule has 25 heavy (non-hydrogen) atoms. The van der Waals surface area contributed by atoms with Crippen LogP contribution in [0.1, 0.15) is 48.9 Å². The van der Waals surface area contributed by atoms with E-state index in [2.05, 4.69) is 26.2 Å². The first-order chi connectivity index (χ1) is 12.2. The van der Waals surface area contributed by atoms with Gasteiger partial charge in [-0.15, -0.1) is 0 Å². The summed E-state index contributed by atoms with van der Waals surface area (Å²) in [6.07, 6.45) is 12.2. The number of piperidine rings is 1. The van der Waals surface area contributed by atoms with E-state index in [1.54, 1.807) is 0 Å². The summed E-state index contributed by atoms with van der Waals surface area (Å²) in [5, 5.41) is 7.39. The zero-order valence-electron chi connectivity index (χ0n) is 14.8. The van der Waals surface area contributed by atoms with Crippen LogP contribution in [0.2, 0.25) is 0 Å². The molecule has 4 rings (SSSR count). The number of rotatable bonds is 3. The van der Waals surface area contributed by atoms with E-state index in [1.165, 1.54) is 5.56 Å². The Morgan fingerprint density at radius 1 is 1.28 bits per heavy atom. The van der Waals surface area contributed by atoms with Gasteiger partial charge in [0.2, 0.25) is 0 Å². The highest BCUT2D eigenvalue weighted by molar-refractivity contribution is 5.74. The van der Waals surface area contributed by atoms with Gasteiger partial charge >= 0.3 is 6.03 Å². The Balaban J connectivity index is 1.27. The van der Waals surface area contributed by atoms with Crippen LogP contribution < -0.4 is 5.32 Å². The molecule has 0 aliphatic carbocycles. The minimum Gasteiger partial charge on any atom is -0.337 e. The van der Waals surface area contributed by atoms with Crippen molar-refractivity contribution in [3.63, 3.8) is 0 Å². The molecule has 2 aromatic rings. The molecule has 0 bridgehead atoms. The van der Waals surface area contributed by atoms with E-state index in [-0.39, 0.29) is 6.03 Å². The van der Waals surface area contributed by atoms with Crippen LogP contribution in [0.4, 0.5) is 4.79 Å². The Kier molecular flexibility index (Phi) is 4.46. The number of nitrogens with one attached hydrogen (secondary N) is 1. The second kappa shape index (κ2) is 6.90. The van der Waals surface area contributed by atoms with E-state index in [9.17, 15) is 4.79 Å². The maximum absolute atomic E-state index is 12.5. The van der Waals surface area contributed by atoms with Crippen molar-refractivity contribution < 1.29 is 4.79 Å². The fraction of sp³-hybridized carbons (Fsp3) is 0.611. The van der Waals surface area contributed by atoms with Crippen molar-refractivity contribution in [3.05, 3.63) is 36.2 Å². The zero-order chi connectivity index (χ0) is 17.2. The van der Waals surface area contributed by atoms with Gasteiger partial charge in [0.05, 0.1) is 6.20 Å². The maximum atomic E-state index is 12.5. The first kappa shape index (κ1) is 16.2. The fourth-order valence-electron chi connectivity index (χ4n) is 4.09. The van der Waals surface area contributed by atoms with E-state index < -0.39 is 0 Å². The number of urea groups is 1. The first-order valence-corrected chi connectivity index (χ1v) is 9.23. The molecule has 2 amide bonds. The topological polar surface area (TPSA) is 68.0 Å². The van der Waals surface area contributed by atoms with Crippen LogP contribution in [-0.4, -0.2) is 49.9 Å². The second-order valence-corrected chi connectivity index (χ2v) is 7.21. The summed E-state index contributed by atoms with van der Waals surface area (Å²) in [6, 6.07) is 0.0633. The van der Waals surface area contributed by atoms with Gasteiger partial charge in [-0.1, -0.05) is 0 Å². The monoisotopic (exact) mass is 342 g/mol. The molecule has 2 aliphatic heterocycles. The highest BCUT2D eigenvalue weighted by Gasteiger charge is 2.26. The van der Waals surface area contributed by atoms with Crippen LogP contribution in [0.3, 0.4) is 0 Å². The first-order valence-electron chi connectivity index (χ1n) is 9.23. The average molecular weight is 342 g/mol. The van der Waals surface area contributed by atoms with Crippen molar-refractivity contribution in [3.8, 4) is 0 Å². The normalized spacial score (nSPS) is 21.2. The number of imidazole rings is 1. The Bertz CT molecular complexity index is 728. The summed E-state index contributed by atoms with van der Waals surface area (Å²) in [5.41, 5.74) is 1.29. The SMILES string of the molecule is Cn1cc(C2CCN(C(=O)NCC3CCCn4ccnc43)CC2)cn1. The third kappa shape index (κ3) is 3.41. The number of aromatic nitrogens is 4. The van der Waals surface area contributed by atoms with Crippen LogP contribution in [0.5, 0.6) is 0 Å². The van der Waals surface area contributed by atoms with Gasteiger partial charge in [-0.3, -0.25) is 4.68 Å². The molecule has 4 heterocycles. The molecule has 1 fully saturated rings. The lowest BCUT2D eigenvalue weighted by molar-refractivity contribution is 0.180. The number of hydrogen-bond donors (Lipinski definition) is 1. The van der Waals surface area contributed by atoms with E-state index >= 15 is 0 Å². The van der Waals surface area contributed by atoms with E-state index in [0.717, 1.165) is 51.1 Å². The quantitative estimate of drug-likeness (QED) is 0.929. The van der Waals surface area contributed by atoms with Crippen molar-refractivity contribution in [2.75, 3.05) is 19.6 Å². The van der Waals surface area contributed by atoms with Gasteiger partial charge in [-0.25, -0.2) is 9.78 Å². The molecule has 0 radical (unpaired) electrons. The largest absolute Gasteiger partial charge is 0.337 e. The van der Waals surface area contributed by atoms with Crippen LogP contribution in [0.25, 0.3) is 0 Å². The lowest BCUT2D eigenvalue weighted by Crippen LogP contribution is -2.45. The molecule has 7 nitrogen and oxygen atoms in total. The molecule has 0 saturated carbocycles. The Morgan fingerprint density at radius 2 is 2.12 bits per heavy atom. The molecule has 1 N–H and O–H groups in total. The molecular weight excluding hydrogens is 316 g/mol. The van der Waals surface area contributed by atoms with E-state index in [0.29, 0.717) is 18.4 Å². The molecule has 134 valence electrons. The molecule has 1 unspecified atom stereocenters. The zero-order valence-corrected chi connectivity index (χ0v) is 14.8. The number of carbonyl (C=O) groups is 1. The van der Waals surface area contributed by atoms with E-state index in [1.807, 2.05) is 35.2 Å². The van der Waals surface area contributed by atoms with Crippen LogP contribution in [-0.2, 0) is 13.6 Å². The van der Waals surface area contributed by atoms with Gasteiger partial charge in [-0.2, -0.15) is 5.10 Å². The summed E-state index contributed by atoms with van der Waals surface area (Å²) in [5.74, 6) is 1.96. The lowest BCUT2D eigenvalue weighted by atomic mass is 9.92. The summed E-state index contributed by atoms with van der Waals surface area (Å²) >= 11 is 0. The molecule has 2 aliphatic rings. The van der Waals surface area contributed by atoms with Gasteiger partial charge in [0.15, 0.2) is 0 Å². The second-order valence-electron chi connectivity index (χ2n) is 7.21. The van der Waals surface area contributed by atoms with Crippen molar-refractivity contribution >= 4 is 6.03 Å². The fourth-order valence-corrected chi connectivity index (χ4v) is 4.09. The smallest absolute Gasteiger partial charge is 0.317 e. The Labute approximate surface area is 148 Å². The third-order valence-electron chi connectivity index (χ3n) is 5.54. The van der Waals surface area contributed by atoms with Gasteiger partial charge in [0.1, 0.15) is 5.82 Å². The number of hydrogen-bond acceptors (Lipinski definition) is 3. The lowest BCUT2D eigenvalue weighted by Gasteiger charge is -2.32. The van der Waals surface area contributed by atoms with Crippen molar-refractivity contribution in [1.82, 2.24) is 29.5 Å². The van der Waals surface area contributed by atoms with Gasteiger partial charge in [0, 0.05) is 57.7 Å². The standard InChI is InChI=1S/C18H26N6O/c1-22-13-16(12-21-22)14-4-8-24(9-5-14)18(25)20-11-15-3-2-7-23-10-6-19-17(15)23/h6,10,12-15H,2-5,7-9,11H2,1H3,(H,20,25). The number of nitrogens with zero attached hydrogens (tertiary/aromatic N) is 5. The number of amides is 2. The Hall–Kier alpha value is -2.31. The van der Waals surface area contributed by atoms with Gasteiger partial charge in [-0.05, 0) is 37.2 Å². The highest BCUT2D eigenvalue weighted by atomic mass is 16.2. The van der Waals surface area contributed by atoms with E-state index in [4.69, 9.17) is 0 Å². The van der Waals surface area contributed by atoms with Crippen molar-refractivity contribution in [1.29, 1.82) is 0 Å². The number of aryl methyl sites for hydroxylation is 2. The summed E-state index contributed by atoms with van der Waals surface area (Å²) < 4.78 is 4.06. The molecule has 0 aromatic carbocycles. The van der Waals surface area contributed by atoms with Gasteiger partial charge in [0.25, 0.3) is 0 Å². The van der Waals surface area contributed by atoms with Crippen molar-refractivity contribution in [2.45, 2.75) is 44.1 Å². The number of fused-ring (bicyclic) bond motifs is 1. The number of likely N-dealkylation sites (tertiary alicyclic amines) is 1. The van der Waals surface area contributed by atoms with Gasteiger partial charge < -0.3 is 14.8 Å². The van der Waals surface area contributed by atoms with Crippen molar-refractivity contribution in [2.24, 2.45) is 7.05 Å². The third-order valence-corrected chi connectivity index (χ3v) is 5.54. The summed E-state index contributed by atoms with van der Waals surface area (Å²) in [6.45, 7) is 3.34. The highest BCUT2D eigenvalue weighted by Crippen LogP contribution is 2.28. The molecule has 1 atom stereocenters. The predicted molar refractivity (Wildman–Crippen MR) is 94.4 cm³/mol.